The van der Waals surface area contributed by atoms with Gasteiger partial charge in [0.05, 0.1) is 19.2 Å². The molecule has 1 saturated heterocycles. The molecule has 0 aliphatic carbocycles. The Bertz CT molecular complexity index is 526. The topological polar surface area (TPSA) is 49.8 Å². The normalized spacial score (nSPS) is 11.9. The van der Waals surface area contributed by atoms with Crippen LogP contribution in [0.4, 0.5) is 4.79 Å². The lowest BCUT2D eigenvalue weighted by Crippen LogP contribution is -2.53. The first-order valence-electron chi connectivity index (χ1n) is 8.90. The van der Waals surface area contributed by atoms with Crippen LogP contribution >= 0.6 is 0 Å². The number of amides is 1. The van der Waals surface area contributed by atoms with Crippen molar-refractivity contribution in [3.8, 4) is 12.3 Å². The molecule has 1 fully saturated rings. The maximum atomic E-state index is 11.3. The monoisotopic (exact) mass is 359 g/mol. The molecule has 4 nitrogen and oxygen atoms in total. The predicted molar refractivity (Wildman–Crippen MR) is 110 cm³/mol. The number of carbonyl (C=O) groups is 1. The number of ether oxygens (including phenoxy) is 1. The zero-order chi connectivity index (χ0) is 20.2. The number of hydrogen-bond acceptors (Lipinski definition) is 3. The zero-order valence-electron chi connectivity index (χ0n) is 16.5. The van der Waals surface area contributed by atoms with Crippen molar-refractivity contribution in [1.82, 2.24) is 4.90 Å². The van der Waals surface area contributed by atoms with Crippen LogP contribution in [-0.4, -0.2) is 35.3 Å². The minimum absolute atomic E-state index is 0.284. The van der Waals surface area contributed by atoms with Crippen LogP contribution in [0.3, 0.4) is 0 Å². The highest BCUT2D eigenvalue weighted by Gasteiger charge is 2.29. The Morgan fingerprint density at radius 3 is 2.27 bits per heavy atom. The fraction of sp³-hybridized carbons (Fsp3) is 0.409. The van der Waals surface area contributed by atoms with Gasteiger partial charge in [-0.15, -0.1) is 13.0 Å². The molecule has 26 heavy (non-hydrogen) atoms. The first-order chi connectivity index (χ1) is 12.6. The van der Waals surface area contributed by atoms with E-state index in [0.717, 1.165) is 12.0 Å². The molecule has 0 atom stereocenters. The van der Waals surface area contributed by atoms with Crippen molar-refractivity contribution < 1.29 is 14.6 Å². The van der Waals surface area contributed by atoms with Gasteiger partial charge in [-0.3, -0.25) is 0 Å². The third-order valence-electron chi connectivity index (χ3n) is 2.88. The summed E-state index contributed by atoms with van der Waals surface area (Å²) >= 11 is 0. The second-order valence-corrected chi connectivity index (χ2v) is 4.96. The van der Waals surface area contributed by atoms with Gasteiger partial charge in [0.2, 0.25) is 0 Å². The summed E-state index contributed by atoms with van der Waals surface area (Å²) in [6.45, 7) is 12.5. The molecule has 0 radical (unpaired) electrons. The molecule has 1 amide bonds. The molecule has 1 N–H and O–H groups in total. The Hall–Kier alpha value is -2.51. The van der Waals surface area contributed by atoms with Crippen LogP contribution in [0.15, 0.2) is 55.1 Å². The predicted octanol–water partition coefficient (Wildman–Crippen LogP) is 4.80. The lowest BCUT2D eigenvalue weighted by Gasteiger charge is -2.34. The van der Waals surface area contributed by atoms with Crippen LogP contribution in [-0.2, 0) is 11.3 Å². The Morgan fingerprint density at radius 1 is 1.38 bits per heavy atom. The molecule has 4 heteroatoms. The van der Waals surface area contributed by atoms with Gasteiger partial charge in [0.15, 0.2) is 0 Å². The van der Waals surface area contributed by atoms with E-state index < -0.39 is 0 Å². The molecule has 1 aliphatic rings. The zero-order valence-corrected chi connectivity index (χ0v) is 16.5. The molecule has 2 rings (SSSR count). The summed E-state index contributed by atoms with van der Waals surface area (Å²) < 4.78 is 5.06. The van der Waals surface area contributed by atoms with Crippen LogP contribution in [0.1, 0.15) is 39.7 Å². The standard InChI is InChI=1S/C11H13NO3.C5H6.C4H8.C2H6/c13-10-6-12(7-10)11(14)15-8-9-4-2-1-3-5-9;1-3-5-4-2;1-3-4-2;1-2/h1-5,10,13H,6-8H2;1,4-5H,2H3;3H,1,4H2,2H3;1-2H3/b;5-4-;;. The minimum Gasteiger partial charge on any atom is -0.445 e. The van der Waals surface area contributed by atoms with Crippen LogP contribution in [0.5, 0.6) is 0 Å². The summed E-state index contributed by atoms with van der Waals surface area (Å²) in [6, 6.07) is 9.51. The number of allylic oxidation sites excluding steroid dienone is 3. The molecule has 0 bridgehead atoms. The minimum atomic E-state index is -0.380. The second-order valence-electron chi connectivity index (χ2n) is 4.96. The van der Waals surface area contributed by atoms with Crippen LogP contribution in [0.25, 0.3) is 0 Å². The van der Waals surface area contributed by atoms with Gasteiger partial charge in [-0.2, -0.15) is 0 Å². The molecule has 1 heterocycles. The number of benzene rings is 1. The molecule has 1 aromatic rings. The van der Waals surface area contributed by atoms with Gasteiger partial charge in [-0.1, -0.05) is 69.2 Å². The van der Waals surface area contributed by atoms with Crippen molar-refractivity contribution in [2.45, 2.75) is 46.8 Å². The second kappa shape index (κ2) is 18.8. The summed E-state index contributed by atoms with van der Waals surface area (Å²) in [5, 5.41) is 9.00. The number of aliphatic hydroxyl groups excluding tert-OH is 1. The van der Waals surface area contributed by atoms with Crippen LogP contribution in [0, 0.1) is 12.3 Å². The lowest BCUT2D eigenvalue weighted by atomic mass is 10.2. The van der Waals surface area contributed by atoms with E-state index in [1.165, 1.54) is 4.90 Å². The van der Waals surface area contributed by atoms with E-state index in [-0.39, 0.29) is 18.8 Å². The number of aliphatic hydroxyl groups is 1. The number of nitrogens with zero attached hydrogens (tertiary/aromatic N) is 1. The maximum Gasteiger partial charge on any atom is 0.410 e. The number of likely N-dealkylation sites (tertiary alicyclic amines) is 1. The largest absolute Gasteiger partial charge is 0.445 e. The van der Waals surface area contributed by atoms with Crippen molar-refractivity contribution in [2.24, 2.45) is 0 Å². The van der Waals surface area contributed by atoms with Crippen LogP contribution < -0.4 is 0 Å². The molecule has 0 unspecified atom stereocenters. The summed E-state index contributed by atoms with van der Waals surface area (Å²) in [6.07, 6.45) is 10.5. The van der Waals surface area contributed by atoms with Gasteiger partial charge >= 0.3 is 6.09 Å². The molecule has 1 aromatic carbocycles. The number of carbonyl (C=O) groups excluding carboxylic acids is 1. The third-order valence-corrected chi connectivity index (χ3v) is 2.88. The summed E-state index contributed by atoms with van der Waals surface area (Å²) in [4.78, 5) is 12.8. The van der Waals surface area contributed by atoms with E-state index in [9.17, 15) is 4.79 Å². The van der Waals surface area contributed by atoms with Gasteiger partial charge in [-0.05, 0) is 25.0 Å². The fourth-order valence-electron chi connectivity index (χ4n) is 1.51. The van der Waals surface area contributed by atoms with Gasteiger partial charge in [0, 0.05) is 0 Å². The Kier molecular flexibility index (Phi) is 18.6. The highest BCUT2D eigenvalue weighted by molar-refractivity contribution is 5.68. The van der Waals surface area contributed by atoms with E-state index in [1.54, 1.807) is 6.08 Å². The van der Waals surface area contributed by atoms with E-state index in [0.29, 0.717) is 13.1 Å². The smallest absolute Gasteiger partial charge is 0.410 e. The van der Waals surface area contributed by atoms with E-state index in [4.69, 9.17) is 16.3 Å². The maximum absolute atomic E-state index is 11.3. The first-order valence-corrected chi connectivity index (χ1v) is 8.90. The number of terminal acetylenes is 1. The van der Waals surface area contributed by atoms with Gasteiger partial charge in [0.25, 0.3) is 0 Å². The molecule has 0 aromatic heterocycles. The van der Waals surface area contributed by atoms with Crippen LogP contribution in [0.2, 0.25) is 0 Å². The Labute approximate surface area is 159 Å². The fourth-order valence-corrected chi connectivity index (χ4v) is 1.51. The van der Waals surface area contributed by atoms with Gasteiger partial charge < -0.3 is 14.7 Å². The molecule has 144 valence electrons. The SMILES string of the molecule is C#C/C=C\C.C=CCC.CC.O=C(OCc1ccccc1)N1CC(O)C1. The van der Waals surface area contributed by atoms with E-state index >= 15 is 0 Å². The lowest BCUT2D eigenvalue weighted by molar-refractivity contribution is -0.00405. The van der Waals surface area contributed by atoms with E-state index in [2.05, 4.69) is 19.4 Å². The molecular formula is C22H33NO3. The van der Waals surface area contributed by atoms with Gasteiger partial charge in [0.1, 0.15) is 6.61 Å². The highest BCUT2D eigenvalue weighted by atomic mass is 16.6. The average molecular weight is 360 g/mol. The molecule has 1 aliphatic heterocycles. The van der Waals surface area contributed by atoms with Crippen molar-refractivity contribution in [1.29, 1.82) is 0 Å². The number of hydrogen-bond donors (Lipinski definition) is 1. The molecular weight excluding hydrogens is 326 g/mol. The van der Waals surface area contributed by atoms with Crippen molar-refractivity contribution in [3.05, 3.63) is 60.7 Å². The summed E-state index contributed by atoms with van der Waals surface area (Å²) in [7, 11) is 0. The van der Waals surface area contributed by atoms with Crippen molar-refractivity contribution in [2.75, 3.05) is 13.1 Å². The Balaban J connectivity index is 0. The quantitative estimate of drug-likeness (QED) is 0.623. The van der Waals surface area contributed by atoms with E-state index in [1.807, 2.05) is 63.3 Å². The molecule has 0 saturated carbocycles. The van der Waals surface area contributed by atoms with Crippen molar-refractivity contribution >= 4 is 6.09 Å². The number of β-amino-alcohol motifs (C(OH)–C–C–N with tert-alkyl or cyclic N) is 1. The summed E-state index contributed by atoms with van der Waals surface area (Å²) in [5.74, 6) is 2.34. The molecule has 0 spiro atoms. The highest BCUT2D eigenvalue weighted by Crippen LogP contribution is 2.10. The average Bonchev–Trinajstić information content (AvgIpc) is 2.67. The van der Waals surface area contributed by atoms with Crippen molar-refractivity contribution in [3.63, 3.8) is 0 Å². The summed E-state index contributed by atoms with van der Waals surface area (Å²) in [5.41, 5.74) is 0.965. The number of rotatable bonds is 3. The third kappa shape index (κ3) is 13.9. The van der Waals surface area contributed by atoms with Gasteiger partial charge in [-0.25, -0.2) is 4.79 Å². The Morgan fingerprint density at radius 2 is 1.92 bits per heavy atom. The first kappa shape index (κ1) is 25.7.